The number of carbonyl (C=O) groups is 1. The van der Waals surface area contributed by atoms with Crippen molar-refractivity contribution in [3.05, 3.63) is 104 Å². The number of hydrogen-bond acceptors (Lipinski definition) is 6. The van der Waals surface area contributed by atoms with Crippen LogP contribution in [0, 0.1) is 6.92 Å². The molecular formula is C30H29BrClN5O2S. The summed E-state index contributed by atoms with van der Waals surface area (Å²) in [4.78, 5) is 18.7. The third kappa shape index (κ3) is 6.06. The Labute approximate surface area is 251 Å². The highest BCUT2D eigenvalue weighted by molar-refractivity contribution is 9.10. The third-order valence-electron chi connectivity index (χ3n) is 6.51. The van der Waals surface area contributed by atoms with Crippen LogP contribution in [0.2, 0.25) is 5.02 Å². The van der Waals surface area contributed by atoms with Crippen molar-refractivity contribution in [2.45, 2.75) is 45.0 Å². The number of carbonyl (C=O) groups excluding carboxylic acids is 1. The minimum Gasteiger partial charge on any atom is -0.488 e. The molecule has 3 aromatic carbocycles. The van der Waals surface area contributed by atoms with Crippen molar-refractivity contribution < 1.29 is 9.53 Å². The first kappa shape index (κ1) is 28.3. The number of aromatic nitrogens is 3. The van der Waals surface area contributed by atoms with E-state index < -0.39 is 6.04 Å². The Bertz CT molecular complexity index is 1590. The monoisotopic (exact) mass is 637 g/mol. The van der Waals surface area contributed by atoms with E-state index in [2.05, 4.69) is 33.5 Å². The van der Waals surface area contributed by atoms with Crippen molar-refractivity contribution in [2.24, 2.45) is 0 Å². The van der Waals surface area contributed by atoms with Gasteiger partial charge in [0.2, 0.25) is 11.1 Å². The molecule has 10 heteroatoms. The van der Waals surface area contributed by atoms with Crippen molar-refractivity contribution >= 4 is 56.8 Å². The van der Waals surface area contributed by atoms with E-state index in [0.29, 0.717) is 33.1 Å². The van der Waals surface area contributed by atoms with Gasteiger partial charge in [0.15, 0.2) is 0 Å². The third-order valence-corrected chi connectivity index (χ3v) is 8.42. The minimum absolute atomic E-state index is 0.231. The molecule has 1 aliphatic rings. The van der Waals surface area contributed by atoms with Crippen LogP contribution in [0.1, 0.15) is 43.0 Å². The molecule has 0 bridgehead atoms. The molecule has 1 aliphatic heterocycles. The summed E-state index contributed by atoms with van der Waals surface area (Å²) in [6.45, 7) is 6.25. The number of nitrogens with one attached hydrogen (secondary N) is 2. The summed E-state index contributed by atoms with van der Waals surface area (Å²) in [5, 5.41) is 12.5. The molecule has 0 spiro atoms. The first-order chi connectivity index (χ1) is 19.4. The fourth-order valence-electron chi connectivity index (χ4n) is 4.51. The number of anilines is 2. The van der Waals surface area contributed by atoms with E-state index in [1.165, 1.54) is 0 Å². The fraction of sp³-hybridized carbons (Fsp3) is 0.233. The predicted molar refractivity (Wildman–Crippen MR) is 165 cm³/mol. The summed E-state index contributed by atoms with van der Waals surface area (Å²) in [5.41, 5.74) is 4.58. The van der Waals surface area contributed by atoms with Crippen LogP contribution in [0.5, 0.6) is 5.75 Å². The van der Waals surface area contributed by atoms with Gasteiger partial charge in [-0.3, -0.25) is 4.79 Å². The second kappa shape index (κ2) is 12.5. The standard InChI is InChI=1S/C30H29BrClN5O2S/c1-4-15-40-30-35-29-33-19(3)26(28(38)34-24-12-8-5-9-18(24)2)27(37(29)36-30)22-16-21(31)13-14-25(22)39-17-20-10-6-7-11-23(20)32/h5-14,16,27H,4,15,17H2,1-3H3,(H,34,38)(H,33,35,36). The molecule has 1 aromatic heterocycles. The number of amides is 1. The van der Waals surface area contributed by atoms with Crippen LogP contribution < -0.4 is 15.4 Å². The zero-order valence-electron chi connectivity index (χ0n) is 22.4. The SMILES string of the molecule is CCCSc1nc2n(n1)C(c1cc(Br)ccc1OCc1ccccc1Cl)C(C(=O)Nc1ccccc1C)=C(C)N2. The molecule has 4 aromatic rings. The van der Waals surface area contributed by atoms with E-state index in [0.717, 1.165) is 39.0 Å². The number of aryl methyl sites for hydroxylation is 1. The summed E-state index contributed by atoms with van der Waals surface area (Å²) < 4.78 is 8.98. The quantitative estimate of drug-likeness (QED) is 0.181. The number of benzene rings is 3. The highest BCUT2D eigenvalue weighted by atomic mass is 79.9. The number of halogens is 2. The van der Waals surface area contributed by atoms with Gasteiger partial charge in [-0.05, 0) is 56.2 Å². The largest absolute Gasteiger partial charge is 0.488 e. The number of rotatable bonds is 9. The molecule has 0 fully saturated rings. The van der Waals surface area contributed by atoms with Gasteiger partial charge in [-0.1, -0.05) is 82.6 Å². The fourth-order valence-corrected chi connectivity index (χ4v) is 5.76. The van der Waals surface area contributed by atoms with Crippen LogP contribution in [0.3, 0.4) is 0 Å². The van der Waals surface area contributed by atoms with Gasteiger partial charge in [-0.15, -0.1) is 5.10 Å². The molecule has 0 aliphatic carbocycles. The average Bonchev–Trinajstić information content (AvgIpc) is 3.34. The maximum absolute atomic E-state index is 14.0. The van der Waals surface area contributed by atoms with E-state index in [-0.39, 0.29) is 12.5 Å². The molecule has 1 atom stereocenters. The van der Waals surface area contributed by atoms with E-state index >= 15 is 0 Å². The Morgan fingerprint density at radius 1 is 1.15 bits per heavy atom. The maximum Gasteiger partial charge on any atom is 0.255 e. The Kier molecular flexibility index (Phi) is 8.83. The van der Waals surface area contributed by atoms with Crippen molar-refractivity contribution in [3.8, 4) is 5.75 Å². The van der Waals surface area contributed by atoms with Crippen LogP contribution >= 0.6 is 39.3 Å². The summed E-state index contributed by atoms with van der Waals surface area (Å²) in [6, 6.07) is 20.5. The smallest absolute Gasteiger partial charge is 0.255 e. The average molecular weight is 639 g/mol. The van der Waals surface area contributed by atoms with Crippen LogP contribution in [-0.4, -0.2) is 26.4 Å². The molecule has 0 saturated heterocycles. The van der Waals surface area contributed by atoms with Gasteiger partial charge in [0.05, 0.1) is 5.57 Å². The second-order valence-corrected chi connectivity index (χ2v) is 11.8. The molecular weight excluding hydrogens is 610 g/mol. The van der Waals surface area contributed by atoms with E-state index in [1.807, 2.05) is 80.6 Å². The Balaban J connectivity index is 1.59. The molecule has 0 saturated carbocycles. The van der Waals surface area contributed by atoms with Crippen molar-refractivity contribution in [1.82, 2.24) is 14.8 Å². The molecule has 1 amide bonds. The molecule has 0 radical (unpaired) electrons. The number of hydrogen-bond donors (Lipinski definition) is 2. The summed E-state index contributed by atoms with van der Waals surface area (Å²) in [5.74, 6) is 1.86. The van der Waals surface area contributed by atoms with Crippen molar-refractivity contribution in [2.75, 3.05) is 16.4 Å². The van der Waals surface area contributed by atoms with Gasteiger partial charge in [0, 0.05) is 37.8 Å². The van der Waals surface area contributed by atoms with Gasteiger partial charge >= 0.3 is 0 Å². The number of fused-ring (bicyclic) bond motifs is 1. The number of allylic oxidation sites excluding steroid dienone is 1. The molecule has 40 heavy (non-hydrogen) atoms. The van der Waals surface area contributed by atoms with Crippen molar-refractivity contribution in [1.29, 1.82) is 0 Å². The first-order valence-corrected chi connectivity index (χ1v) is 15.1. The van der Waals surface area contributed by atoms with Crippen molar-refractivity contribution in [3.63, 3.8) is 0 Å². The van der Waals surface area contributed by atoms with Gasteiger partial charge in [-0.2, -0.15) is 4.98 Å². The normalized spacial score (nSPS) is 14.5. The molecule has 2 heterocycles. The molecule has 1 unspecified atom stereocenters. The van der Waals surface area contributed by atoms with Gasteiger partial charge in [-0.25, -0.2) is 4.68 Å². The molecule has 5 rings (SSSR count). The van der Waals surface area contributed by atoms with Crippen LogP contribution in [-0.2, 0) is 11.4 Å². The highest BCUT2D eigenvalue weighted by Crippen LogP contribution is 2.41. The van der Waals surface area contributed by atoms with Crippen LogP contribution in [0.15, 0.2) is 87.6 Å². The van der Waals surface area contributed by atoms with Gasteiger partial charge in [0.1, 0.15) is 18.4 Å². The van der Waals surface area contributed by atoms with Crippen LogP contribution in [0.25, 0.3) is 0 Å². The second-order valence-electron chi connectivity index (χ2n) is 9.41. The molecule has 206 valence electrons. The predicted octanol–water partition coefficient (Wildman–Crippen LogP) is 8.01. The lowest BCUT2D eigenvalue weighted by atomic mass is 9.94. The van der Waals surface area contributed by atoms with Gasteiger partial charge < -0.3 is 15.4 Å². The molecule has 2 N–H and O–H groups in total. The van der Waals surface area contributed by atoms with E-state index in [4.69, 9.17) is 26.4 Å². The zero-order chi connectivity index (χ0) is 28.2. The Hall–Kier alpha value is -3.27. The summed E-state index contributed by atoms with van der Waals surface area (Å²) >= 11 is 11.6. The lowest BCUT2D eigenvalue weighted by Gasteiger charge is -2.30. The molecule has 7 nitrogen and oxygen atoms in total. The Morgan fingerprint density at radius 3 is 2.70 bits per heavy atom. The highest BCUT2D eigenvalue weighted by Gasteiger charge is 2.36. The number of ether oxygens (including phenoxy) is 1. The lowest BCUT2D eigenvalue weighted by molar-refractivity contribution is -0.113. The van der Waals surface area contributed by atoms with E-state index in [1.54, 1.807) is 16.4 Å². The van der Waals surface area contributed by atoms with Gasteiger partial charge in [0.25, 0.3) is 5.91 Å². The number of thioether (sulfide) groups is 1. The minimum atomic E-state index is -0.595. The number of nitrogens with zero attached hydrogens (tertiary/aromatic N) is 3. The Morgan fingerprint density at radius 2 is 1.93 bits per heavy atom. The summed E-state index contributed by atoms with van der Waals surface area (Å²) in [6.07, 6.45) is 0.998. The maximum atomic E-state index is 14.0. The van der Waals surface area contributed by atoms with E-state index in [9.17, 15) is 4.79 Å². The summed E-state index contributed by atoms with van der Waals surface area (Å²) in [7, 11) is 0. The topological polar surface area (TPSA) is 81.1 Å². The lowest BCUT2D eigenvalue weighted by Crippen LogP contribution is -2.32. The van der Waals surface area contributed by atoms with Crippen LogP contribution in [0.4, 0.5) is 11.6 Å². The first-order valence-electron chi connectivity index (χ1n) is 13.0. The zero-order valence-corrected chi connectivity index (χ0v) is 25.5. The number of para-hydroxylation sites is 1.